The van der Waals surface area contributed by atoms with Gasteiger partial charge in [0.2, 0.25) is 0 Å². The van der Waals surface area contributed by atoms with Crippen molar-refractivity contribution < 1.29 is 14.3 Å². The van der Waals surface area contributed by atoms with E-state index in [9.17, 15) is 9.59 Å². The molecule has 0 unspecified atom stereocenters. The molecular weight excluding hydrogens is 394 g/mol. The van der Waals surface area contributed by atoms with Gasteiger partial charge in [0.25, 0.3) is 11.5 Å². The lowest BCUT2D eigenvalue weighted by Crippen LogP contribution is -2.25. The Balaban J connectivity index is 1.49. The highest BCUT2D eigenvalue weighted by Gasteiger charge is 2.15. The third kappa shape index (κ3) is 4.40. The Hall–Kier alpha value is -4.13. The fraction of sp³-hybridized carbons (Fsp3) is 0.125. The summed E-state index contributed by atoms with van der Waals surface area (Å²) in [5, 5.41) is 7.93. The second kappa shape index (κ2) is 8.71. The minimum absolute atomic E-state index is 0.187. The van der Waals surface area contributed by atoms with E-state index in [1.807, 2.05) is 31.2 Å². The summed E-state index contributed by atoms with van der Waals surface area (Å²) in [5.74, 6) is 1.70. The predicted molar refractivity (Wildman–Crippen MR) is 119 cm³/mol. The van der Waals surface area contributed by atoms with Crippen molar-refractivity contribution in [2.24, 2.45) is 7.05 Å². The van der Waals surface area contributed by atoms with E-state index in [-0.39, 0.29) is 11.3 Å². The van der Waals surface area contributed by atoms with Crippen LogP contribution in [0.3, 0.4) is 0 Å². The van der Waals surface area contributed by atoms with Gasteiger partial charge in [-0.05, 0) is 61.5 Å². The number of rotatable bonds is 6. The molecule has 4 rings (SSSR count). The summed E-state index contributed by atoms with van der Waals surface area (Å²) < 4.78 is 12.4. The van der Waals surface area contributed by atoms with E-state index in [1.165, 1.54) is 11.7 Å². The van der Waals surface area contributed by atoms with E-state index in [0.29, 0.717) is 34.6 Å². The molecule has 0 aliphatic heterocycles. The summed E-state index contributed by atoms with van der Waals surface area (Å²) in [5.41, 5.74) is 0.527. The maximum atomic E-state index is 12.8. The molecule has 0 aliphatic carbocycles. The molecule has 1 heterocycles. The number of ether oxygens (including phenoxy) is 2. The van der Waals surface area contributed by atoms with Crippen molar-refractivity contribution in [3.05, 3.63) is 88.8 Å². The molecule has 31 heavy (non-hydrogen) atoms. The highest BCUT2D eigenvalue weighted by atomic mass is 16.5. The van der Waals surface area contributed by atoms with Gasteiger partial charge < -0.3 is 14.8 Å². The molecular formula is C24H21N3O4. The van der Waals surface area contributed by atoms with Crippen molar-refractivity contribution in [2.75, 3.05) is 11.9 Å². The van der Waals surface area contributed by atoms with E-state index < -0.39 is 5.91 Å². The molecule has 1 amide bonds. The van der Waals surface area contributed by atoms with Crippen LogP contribution < -0.4 is 20.3 Å². The molecule has 1 N–H and O–H groups in total. The Morgan fingerprint density at radius 3 is 2.13 bits per heavy atom. The first-order valence-electron chi connectivity index (χ1n) is 9.83. The van der Waals surface area contributed by atoms with Gasteiger partial charge in [0.1, 0.15) is 17.2 Å². The second-order valence-corrected chi connectivity index (χ2v) is 6.81. The summed E-state index contributed by atoms with van der Waals surface area (Å²) >= 11 is 0. The number of amides is 1. The standard InChI is InChI=1S/C24H21N3O4/c1-3-30-17-12-14-19(15-13-17)31-18-10-8-16(9-11-18)25-23(28)22-20-6-4-5-7-21(20)24(29)27(2)26-22/h4-15H,3H2,1-2H3,(H,25,28). The van der Waals surface area contributed by atoms with Gasteiger partial charge in [-0.1, -0.05) is 18.2 Å². The summed E-state index contributed by atoms with van der Waals surface area (Å²) in [6.07, 6.45) is 0. The molecule has 7 nitrogen and oxygen atoms in total. The number of carbonyl (C=O) groups excluding carboxylic acids is 1. The lowest BCUT2D eigenvalue weighted by molar-refractivity contribution is 0.102. The molecule has 156 valence electrons. The van der Waals surface area contributed by atoms with E-state index in [4.69, 9.17) is 9.47 Å². The minimum Gasteiger partial charge on any atom is -0.494 e. The normalized spacial score (nSPS) is 10.6. The van der Waals surface area contributed by atoms with Crippen LogP contribution in [0.2, 0.25) is 0 Å². The van der Waals surface area contributed by atoms with Gasteiger partial charge in [-0.15, -0.1) is 0 Å². The fourth-order valence-corrected chi connectivity index (χ4v) is 3.17. The molecule has 1 aromatic heterocycles. The van der Waals surface area contributed by atoms with Crippen molar-refractivity contribution in [3.8, 4) is 17.2 Å². The largest absolute Gasteiger partial charge is 0.494 e. The maximum absolute atomic E-state index is 12.8. The first-order valence-corrected chi connectivity index (χ1v) is 9.83. The van der Waals surface area contributed by atoms with Crippen LogP contribution >= 0.6 is 0 Å². The van der Waals surface area contributed by atoms with Crippen LogP contribution in [0.5, 0.6) is 17.2 Å². The Bertz CT molecular complexity index is 1280. The highest BCUT2D eigenvalue weighted by Crippen LogP contribution is 2.25. The number of nitrogens with zero attached hydrogens (tertiary/aromatic N) is 2. The Morgan fingerprint density at radius 2 is 1.48 bits per heavy atom. The maximum Gasteiger partial charge on any atom is 0.276 e. The van der Waals surface area contributed by atoms with Gasteiger partial charge in [-0.2, -0.15) is 5.10 Å². The molecule has 3 aromatic carbocycles. The number of hydrogen-bond acceptors (Lipinski definition) is 5. The minimum atomic E-state index is -0.396. The van der Waals surface area contributed by atoms with Crippen LogP contribution in [0.15, 0.2) is 77.6 Å². The van der Waals surface area contributed by atoms with E-state index in [1.54, 1.807) is 48.5 Å². The number of aromatic nitrogens is 2. The molecule has 0 saturated heterocycles. The second-order valence-electron chi connectivity index (χ2n) is 6.81. The van der Waals surface area contributed by atoms with Gasteiger partial charge in [0.15, 0.2) is 5.69 Å². The monoisotopic (exact) mass is 415 g/mol. The molecule has 0 fully saturated rings. The zero-order valence-electron chi connectivity index (χ0n) is 17.2. The number of hydrogen-bond donors (Lipinski definition) is 1. The van der Waals surface area contributed by atoms with Crippen LogP contribution in [0.4, 0.5) is 5.69 Å². The summed E-state index contributed by atoms with van der Waals surface area (Å²) in [6, 6.07) is 21.3. The Kier molecular flexibility index (Phi) is 5.66. The topological polar surface area (TPSA) is 82.4 Å². The lowest BCUT2D eigenvalue weighted by Gasteiger charge is -2.10. The van der Waals surface area contributed by atoms with Gasteiger partial charge in [0, 0.05) is 18.1 Å². The van der Waals surface area contributed by atoms with Crippen LogP contribution in [-0.4, -0.2) is 22.3 Å². The summed E-state index contributed by atoms with van der Waals surface area (Å²) in [6.45, 7) is 2.54. The zero-order valence-corrected chi connectivity index (χ0v) is 17.2. The predicted octanol–water partition coefficient (Wildman–Crippen LogP) is 4.38. The lowest BCUT2D eigenvalue weighted by atomic mass is 10.1. The van der Waals surface area contributed by atoms with Crippen molar-refractivity contribution >= 4 is 22.4 Å². The number of carbonyl (C=O) groups is 1. The molecule has 7 heteroatoms. The van der Waals surface area contributed by atoms with Crippen molar-refractivity contribution in [1.29, 1.82) is 0 Å². The average molecular weight is 415 g/mol. The average Bonchev–Trinajstić information content (AvgIpc) is 2.79. The number of benzene rings is 3. The van der Waals surface area contributed by atoms with Crippen molar-refractivity contribution in [2.45, 2.75) is 6.92 Å². The number of fused-ring (bicyclic) bond motifs is 1. The molecule has 4 aromatic rings. The number of aryl methyl sites for hydroxylation is 1. The molecule has 0 radical (unpaired) electrons. The van der Waals surface area contributed by atoms with E-state index in [0.717, 1.165) is 5.75 Å². The Labute approximate surface area is 178 Å². The van der Waals surface area contributed by atoms with Crippen LogP contribution in [-0.2, 0) is 7.05 Å². The van der Waals surface area contributed by atoms with Crippen LogP contribution in [0.1, 0.15) is 17.4 Å². The molecule has 0 spiro atoms. The SMILES string of the molecule is CCOc1ccc(Oc2ccc(NC(=O)c3nn(C)c(=O)c4ccccc34)cc2)cc1. The Morgan fingerprint density at radius 1 is 0.903 bits per heavy atom. The van der Waals surface area contributed by atoms with E-state index in [2.05, 4.69) is 10.4 Å². The van der Waals surface area contributed by atoms with Gasteiger partial charge >= 0.3 is 0 Å². The summed E-state index contributed by atoms with van der Waals surface area (Å²) in [4.78, 5) is 25.1. The van der Waals surface area contributed by atoms with Crippen molar-refractivity contribution in [3.63, 3.8) is 0 Å². The van der Waals surface area contributed by atoms with E-state index >= 15 is 0 Å². The smallest absolute Gasteiger partial charge is 0.276 e. The highest BCUT2D eigenvalue weighted by molar-refractivity contribution is 6.11. The molecule has 0 aliphatic rings. The fourth-order valence-electron chi connectivity index (χ4n) is 3.17. The van der Waals surface area contributed by atoms with Crippen molar-refractivity contribution in [1.82, 2.24) is 9.78 Å². The first-order chi connectivity index (χ1) is 15.0. The van der Waals surface area contributed by atoms with Gasteiger partial charge in [0.05, 0.1) is 12.0 Å². The van der Waals surface area contributed by atoms with Crippen LogP contribution in [0, 0.1) is 0 Å². The van der Waals surface area contributed by atoms with Gasteiger partial charge in [-0.3, -0.25) is 9.59 Å². The molecule has 0 atom stereocenters. The zero-order chi connectivity index (χ0) is 21.8. The van der Waals surface area contributed by atoms with Gasteiger partial charge in [-0.25, -0.2) is 4.68 Å². The quantitative estimate of drug-likeness (QED) is 0.505. The summed E-state index contributed by atoms with van der Waals surface area (Å²) in [7, 11) is 1.53. The van der Waals surface area contributed by atoms with Crippen LogP contribution in [0.25, 0.3) is 10.8 Å². The number of anilines is 1. The number of nitrogens with one attached hydrogen (secondary N) is 1. The third-order valence-electron chi connectivity index (χ3n) is 4.65. The third-order valence-corrected chi connectivity index (χ3v) is 4.65. The molecule has 0 saturated carbocycles. The first kappa shape index (κ1) is 20.2. The molecule has 0 bridgehead atoms.